The van der Waals surface area contributed by atoms with E-state index < -0.39 is 6.09 Å². The highest BCUT2D eigenvalue weighted by molar-refractivity contribution is 5.74. The van der Waals surface area contributed by atoms with Crippen LogP contribution in [0.3, 0.4) is 0 Å². The minimum Gasteiger partial charge on any atom is -0.389 e. The minimum atomic E-state index is -0.955. The third-order valence-electron chi connectivity index (χ3n) is 3.85. The summed E-state index contributed by atoms with van der Waals surface area (Å²) in [5.74, 6) is -0.254. The molecule has 3 aromatic rings. The molecule has 0 unspecified atom stereocenters. The number of halogens is 1. The van der Waals surface area contributed by atoms with E-state index in [0.29, 0.717) is 12.2 Å². The Labute approximate surface area is 149 Å². The summed E-state index contributed by atoms with van der Waals surface area (Å²) in [6.07, 6.45) is 0.575. The number of primary amides is 1. The van der Waals surface area contributed by atoms with Crippen LogP contribution in [0.4, 0.5) is 14.9 Å². The third kappa shape index (κ3) is 3.97. The molecule has 2 aromatic heterocycles. The molecule has 7 nitrogen and oxygen atoms in total. The molecule has 2 heterocycles. The molecule has 0 aliphatic carbocycles. The second kappa shape index (κ2) is 7.22. The van der Waals surface area contributed by atoms with Crippen LogP contribution in [0.15, 0.2) is 42.6 Å². The Morgan fingerprint density at radius 1 is 1.27 bits per heavy atom. The lowest BCUT2D eigenvalue weighted by Gasteiger charge is -2.11. The molecule has 0 aliphatic rings. The Balaban J connectivity index is 1.89. The fourth-order valence-electron chi connectivity index (χ4n) is 2.46. The van der Waals surface area contributed by atoms with Crippen LogP contribution in [0, 0.1) is 12.7 Å². The van der Waals surface area contributed by atoms with Gasteiger partial charge in [-0.05, 0) is 36.8 Å². The van der Waals surface area contributed by atoms with Crippen molar-refractivity contribution in [3.8, 4) is 17.0 Å². The average Bonchev–Trinajstić information content (AvgIpc) is 2.92. The highest BCUT2D eigenvalue weighted by atomic mass is 19.1. The van der Waals surface area contributed by atoms with Crippen molar-refractivity contribution in [2.24, 2.45) is 12.8 Å². The quantitative estimate of drug-likeness (QED) is 0.734. The molecule has 0 atom stereocenters. The summed E-state index contributed by atoms with van der Waals surface area (Å²) in [5, 5.41) is 7.52. The smallest absolute Gasteiger partial charge is 0.389 e. The van der Waals surface area contributed by atoms with Gasteiger partial charge in [0.15, 0.2) is 0 Å². The topological polar surface area (TPSA) is 95.1 Å². The van der Waals surface area contributed by atoms with Gasteiger partial charge in [0.1, 0.15) is 5.82 Å². The van der Waals surface area contributed by atoms with Crippen molar-refractivity contribution in [3.05, 3.63) is 59.8 Å². The van der Waals surface area contributed by atoms with Crippen molar-refractivity contribution >= 4 is 11.8 Å². The van der Waals surface area contributed by atoms with Crippen molar-refractivity contribution in [1.29, 1.82) is 0 Å². The van der Waals surface area contributed by atoms with Gasteiger partial charge >= 0.3 is 6.09 Å². The number of nitrogens with two attached hydrogens (primary N) is 1. The van der Waals surface area contributed by atoms with E-state index in [1.807, 2.05) is 20.0 Å². The molecule has 134 valence electrons. The molecular formula is C18H18FN5O2. The number of benzene rings is 1. The van der Waals surface area contributed by atoms with Crippen molar-refractivity contribution < 1.29 is 13.9 Å². The molecule has 26 heavy (non-hydrogen) atoms. The molecule has 0 radical (unpaired) electrons. The van der Waals surface area contributed by atoms with Gasteiger partial charge in [0.2, 0.25) is 5.88 Å². The van der Waals surface area contributed by atoms with Crippen molar-refractivity contribution in [3.63, 3.8) is 0 Å². The number of anilines is 1. The van der Waals surface area contributed by atoms with E-state index in [4.69, 9.17) is 10.5 Å². The van der Waals surface area contributed by atoms with E-state index in [1.54, 1.807) is 22.9 Å². The summed E-state index contributed by atoms with van der Waals surface area (Å²) < 4.78 is 19.8. The van der Waals surface area contributed by atoms with E-state index in [0.717, 1.165) is 22.5 Å². The first-order valence-corrected chi connectivity index (χ1v) is 7.89. The fourth-order valence-corrected chi connectivity index (χ4v) is 2.46. The maximum atomic E-state index is 13.1. The van der Waals surface area contributed by atoms with Crippen LogP contribution in [0.5, 0.6) is 5.88 Å². The number of aromatic nitrogens is 3. The Morgan fingerprint density at radius 3 is 2.62 bits per heavy atom. The van der Waals surface area contributed by atoms with Gasteiger partial charge < -0.3 is 15.8 Å². The molecule has 0 saturated carbocycles. The predicted molar refractivity (Wildman–Crippen MR) is 95.1 cm³/mol. The number of amides is 1. The van der Waals surface area contributed by atoms with Crippen molar-refractivity contribution in [2.75, 3.05) is 5.32 Å². The van der Waals surface area contributed by atoms with E-state index in [2.05, 4.69) is 15.4 Å². The number of aryl methyl sites for hydroxylation is 2. The summed E-state index contributed by atoms with van der Waals surface area (Å²) >= 11 is 0. The number of carbonyl (C=O) groups is 1. The fraction of sp³-hybridized carbons (Fsp3) is 0.167. The maximum absolute atomic E-state index is 13.1. The molecule has 3 rings (SSSR count). The van der Waals surface area contributed by atoms with Gasteiger partial charge in [0.25, 0.3) is 0 Å². The third-order valence-corrected chi connectivity index (χ3v) is 3.85. The van der Waals surface area contributed by atoms with E-state index >= 15 is 0 Å². The summed E-state index contributed by atoms with van der Waals surface area (Å²) in [7, 11) is 1.86. The van der Waals surface area contributed by atoms with Gasteiger partial charge in [0, 0.05) is 24.5 Å². The van der Waals surface area contributed by atoms with Gasteiger partial charge in [0.05, 0.1) is 17.9 Å². The molecule has 1 amide bonds. The molecule has 0 bridgehead atoms. The van der Waals surface area contributed by atoms with Crippen molar-refractivity contribution in [1.82, 2.24) is 14.8 Å². The Morgan fingerprint density at radius 2 is 2.00 bits per heavy atom. The average molecular weight is 355 g/mol. The number of nitrogens with zero attached hydrogens (tertiary/aromatic N) is 3. The lowest BCUT2D eigenvalue weighted by molar-refractivity contribution is 0.209. The maximum Gasteiger partial charge on any atom is 0.411 e. The number of pyridine rings is 1. The van der Waals surface area contributed by atoms with Gasteiger partial charge in [-0.2, -0.15) is 5.10 Å². The van der Waals surface area contributed by atoms with E-state index in [1.165, 1.54) is 18.3 Å². The zero-order valence-corrected chi connectivity index (χ0v) is 14.4. The van der Waals surface area contributed by atoms with Gasteiger partial charge in [-0.3, -0.25) is 4.68 Å². The Kier molecular flexibility index (Phi) is 4.83. The first-order chi connectivity index (χ1) is 12.4. The molecule has 0 aliphatic heterocycles. The summed E-state index contributed by atoms with van der Waals surface area (Å²) in [6.45, 7) is 2.36. The zero-order chi connectivity index (χ0) is 18.7. The highest BCUT2D eigenvalue weighted by Crippen LogP contribution is 2.29. The number of ether oxygens (including phenoxy) is 1. The lowest BCUT2D eigenvalue weighted by atomic mass is 10.1. The largest absolute Gasteiger partial charge is 0.411 e. The highest BCUT2D eigenvalue weighted by Gasteiger charge is 2.12. The molecule has 1 aromatic carbocycles. The minimum absolute atomic E-state index is 0.0658. The monoisotopic (exact) mass is 355 g/mol. The van der Waals surface area contributed by atoms with E-state index in [-0.39, 0.29) is 11.7 Å². The normalized spacial score (nSPS) is 10.6. The summed E-state index contributed by atoms with van der Waals surface area (Å²) in [4.78, 5) is 15.3. The molecule has 0 fully saturated rings. The van der Waals surface area contributed by atoms with Crippen LogP contribution in [0.1, 0.15) is 11.4 Å². The number of hydrogen-bond donors (Lipinski definition) is 2. The molecule has 3 N–H and O–H groups in total. The zero-order valence-electron chi connectivity index (χ0n) is 14.4. The Bertz CT molecular complexity index is 918. The summed E-state index contributed by atoms with van der Waals surface area (Å²) in [6, 6.07) is 9.73. The van der Waals surface area contributed by atoms with Crippen LogP contribution in [0.25, 0.3) is 11.1 Å². The van der Waals surface area contributed by atoms with Crippen LogP contribution in [-0.2, 0) is 13.6 Å². The number of carbonyl (C=O) groups excluding carboxylic acids is 1. The lowest BCUT2D eigenvalue weighted by Crippen LogP contribution is -2.18. The predicted octanol–water partition coefficient (Wildman–Crippen LogP) is 3.00. The molecular weight excluding hydrogens is 337 g/mol. The second-order valence-electron chi connectivity index (χ2n) is 5.76. The van der Waals surface area contributed by atoms with Crippen LogP contribution < -0.4 is 15.8 Å². The molecule has 8 heteroatoms. The standard InChI is InChI=1S/C18H18FN5O2/c1-11-7-15(23-24(11)2)10-21-16-8-13(9-22-17(16)26-18(20)25)12-3-5-14(19)6-4-12/h3-9,21H,10H2,1-2H3,(H2,20,25). The SMILES string of the molecule is Cc1cc(CNc2cc(-c3ccc(F)cc3)cnc2OC(N)=O)nn1C. The van der Waals surface area contributed by atoms with Crippen LogP contribution in [-0.4, -0.2) is 20.9 Å². The summed E-state index contributed by atoms with van der Waals surface area (Å²) in [5.41, 5.74) is 8.94. The first-order valence-electron chi connectivity index (χ1n) is 7.89. The van der Waals surface area contributed by atoms with Crippen LogP contribution in [0.2, 0.25) is 0 Å². The second-order valence-corrected chi connectivity index (χ2v) is 5.76. The van der Waals surface area contributed by atoms with Gasteiger partial charge in [-0.15, -0.1) is 0 Å². The van der Waals surface area contributed by atoms with Gasteiger partial charge in [-0.1, -0.05) is 12.1 Å². The number of nitrogens with one attached hydrogen (secondary N) is 1. The van der Waals surface area contributed by atoms with Crippen LogP contribution >= 0.6 is 0 Å². The molecule has 0 saturated heterocycles. The Hall–Kier alpha value is -3.42. The number of rotatable bonds is 5. The first kappa shape index (κ1) is 17.4. The van der Waals surface area contributed by atoms with E-state index in [9.17, 15) is 9.18 Å². The van der Waals surface area contributed by atoms with Gasteiger partial charge in [-0.25, -0.2) is 14.2 Å². The van der Waals surface area contributed by atoms with Crippen molar-refractivity contribution in [2.45, 2.75) is 13.5 Å². The molecule has 0 spiro atoms. The number of hydrogen-bond acceptors (Lipinski definition) is 5.